The van der Waals surface area contributed by atoms with Crippen molar-refractivity contribution in [2.45, 2.75) is 26.9 Å². The molecule has 2 aromatic rings. The summed E-state index contributed by atoms with van der Waals surface area (Å²) in [6.45, 7) is 3.96. The Morgan fingerprint density at radius 2 is 2.16 bits per heavy atom. The quantitative estimate of drug-likeness (QED) is 0.934. The molecule has 0 unspecified atom stereocenters. The van der Waals surface area contributed by atoms with E-state index in [1.165, 1.54) is 16.8 Å². The standard InChI is InChI=1S/C14H16ClFN2O/c1-9(2)6-13-12(8-19)14(15)18(17-13)11-5-3-4-10(16)7-11/h3-5,7,9,19H,6,8H2,1-2H3. The first kappa shape index (κ1) is 14.0. The molecular weight excluding hydrogens is 267 g/mol. The van der Waals surface area contributed by atoms with Gasteiger partial charge in [0.15, 0.2) is 0 Å². The van der Waals surface area contributed by atoms with Crippen LogP contribution < -0.4 is 0 Å². The van der Waals surface area contributed by atoms with E-state index in [0.717, 1.165) is 12.1 Å². The summed E-state index contributed by atoms with van der Waals surface area (Å²) >= 11 is 6.22. The van der Waals surface area contributed by atoms with Crippen molar-refractivity contribution in [1.82, 2.24) is 9.78 Å². The number of benzene rings is 1. The lowest BCUT2D eigenvalue weighted by Gasteiger charge is -2.03. The molecule has 5 heteroatoms. The van der Waals surface area contributed by atoms with E-state index in [1.54, 1.807) is 12.1 Å². The Morgan fingerprint density at radius 1 is 1.42 bits per heavy atom. The van der Waals surface area contributed by atoms with E-state index >= 15 is 0 Å². The van der Waals surface area contributed by atoms with Crippen LogP contribution in [0.1, 0.15) is 25.1 Å². The summed E-state index contributed by atoms with van der Waals surface area (Å²) in [6.07, 6.45) is 0.720. The summed E-state index contributed by atoms with van der Waals surface area (Å²) in [7, 11) is 0. The van der Waals surface area contributed by atoms with Gasteiger partial charge < -0.3 is 5.11 Å². The van der Waals surface area contributed by atoms with Gasteiger partial charge in [-0.3, -0.25) is 0 Å². The molecule has 1 aromatic heterocycles. The highest BCUT2D eigenvalue weighted by molar-refractivity contribution is 6.30. The van der Waals surface area contributed by atoms with Gasteiger partial charge in [0.1, 0.15) is 11.0 Å². The second kappa shape index (κ2) is 5.72. The SMILES string of the molecule is CC(C)Cc1nn(-c2cccc(F)c2)c(Cl)c1CO. The van der Waals surface area contributed by atoms with Crippen molar-refractivity contribution in [3.63, 3.8) is 0 Å². The zero-order valence-corrected chi connectivity index (χ0v) is 11.7. The Balaban J connectivity index is 2.49. The average Bonchev–Trinajstić information content (AvgIpc) is 2.65. The molecule has 3 nitrogen and oxygen atoms in total. The van der Waals surface area contributed by atoms with Crippen LogP contribution in [0.2, 0.25) is 5.15 Å². The summed E-state index contributed by atoms with van der Waals surface area (Å²) in [5.74, 6) is 0.0530. The molecule has 0 aliphatic carbocycles. The molecule has 0 radical (unpaired) electrons. The Morgan fingerprint density at radius 3 is 2.74 bits per heavy atom. The minimum absolute atomic E-state index is 0.170. The lowest BCUT2D eigenvalue weighted by atomic mass is 10.1. The summed E-state index contributed by atoms with van der Waals surface area (Å²) in [5, 5.41) is 14.1. The van der Waals surface area contributed by atoms with Gasteiger partial charge in [0.2, 0.25) is 0 Å². The molecule has 19 heavy (non-hydrogen) atoms. The van der Waals surface area contributed by atoms with Gasteiger partial charge in [-0.25, -0.2) is 9.07 Å². The normalized spacial score (nSPS) is 11.3. The van der Waals surface area contributed by atoms with Gasteiger partial charge in [-0.15, -0.1) is 0 Å². The average molecular weight is 283 g/mol. The molecule has 0 aliphatic heterocycles. The van der Waals surface area contributed by atoms with E-state index < -0.39 is 0 Å². The number of rotatable bonds is 4. The summed E-state index contributed by atoms with van der Waals surface area (Å²) in [5.41, 5.74) is 1.92. The topological polar surface area (TPSA) is 38.0 Å². The molecule has 2 rings (SSSR count). The number of halogens is 2. The second-order valence-corrected chi connectivity index (χ2v) is 5.22. The fraction of sp³-hybridized carbons (Fsp3) is 0.357. The summed E-state index contributed by atoms with van der Waals surface area (Å²) in [4.78, 5) is 0. The Kier molecular flexibility index (Phi) is 4.22. The van der Waals surface area contributed by atoms with E-state index in [9.17, 15) is 9.50 Å². The van der Waals surface area contributed by atoms with Crippen molar-refractivity contribution >= 4 is 11.6 Å². The maximum Gasteiger partial charge on any atom is 0.138 e. The molecule has 1 N–H and O–H groups in total. The van der Waals surface area contributed by atoms with Crippen molar-refractivity contribution in [2.75, 3.05) is 0 Å². The summed E-state index contributed by atoms with van der Waals surface area (Å²) < 4.78 is 14.7. The third-order valence-electron chi connectivity index (χ3n) is 2.82. The van der Waals surface area contributed by atoms with Gasteiger partial charge in [0.05, 0.1) is 18.0 Å². The van der Waals surface area contributed by atoms with Gasteiger partial charge in [-0.05, 0) is 30.5 Å². The molecule has 102 valence electrons. The summed E-state index contributed by atoms with van der Waals surface area (Å²) in [6, 6.07) is 6.05. The monoisotopic (exact) mass is 282 g/mol. The van der Waals surface area contributed by atoms with Crippen molar-refractivity contribution in [2.24, 2.45) is 5.92 Å². The maximum absolute atomic E-state index is 13.3. The van der Waals surface area contributed by atoms with Crippen LogP contribution >= 0.6 is 11.6 Å². The molecule has 0 bridgehead atoms. The van der Waals surface area contributed by atoms with E-state index in [1.807, 2.05) is 0 Å². The molecule has 0 saturated heterocycles. The molecule has 0 amide bonds. The van der Waals surface area contributed by atoms with Crippen LogP contribution in [-0.4, -0.2) is 14.9 Å². The highest BCUT2D eigenvalue weighted by Crippen LogP contribution is 2.25. The molecular formula is C14H16ClFN2O. The minimum Gasteiger partial charge on any atom is -0.391 e. The lowest BCUT2D eigenvalue weighted by Crippen LogP contribution is -2.00. The Bertz CT molecular complexity index is 581. The van der Waals surface area contributed by atoms with Crippen molar-refractivity contribution in [3.05, 3.63) is 46.5 Å². The Labute approximate surface area is 116 Å². The molecule has 0 atom stereocenters. The van der Waals surface area contributed by atoms with Crippen LogP contribution in [0.25, 0.3) is 5.69 Å². The molecule has 1 aromatic carbocycles. The number of nitrogens with zero attached hydrogens (tertiary/aromatic N) is 2. The van der Waals surface area contributed by atoms with Gasteiger partial charge in [-0.1, -0.05) is 31.5 Å². The second-order valence-electron chi connectivity index (χ2n) is 4.86. The largest absolute Gasteiger partial charge is 0.391 e. The lowest BCUT2D eigenvalue weighted by molar-refractivity contribution is 0.280. The van der Waals surface area contributed by atoms with E-state index in [0.29, 0.717) is 22.3 Å². The highest BCUT2D eigenvalue weighted by atomic mass is 35.5. The van der Waals surface area contributed by atoms with Crippen molar-refractivity contribution in [3.8, 4) is 5.69 Å². The molecule has 0 spiro atoms. The number of hydrogen-bond acceptors (Lipinski definition) is 2. The highest BCUT2D eigenvalue weighted by Gasteiger charge is 2.17. The zero-order valence-electron chi connectivity index (χ0n) is 10.9. The van der Waals surface area contributed by atoms with Gasteiger partial charge in [-0.2, -0.15) is 5.10 Å². The van der Waals surface area contributed by atoms with Crippen LogP contribution in [0.5, 0.6) is 0 Å². The first-order chi connectivity index (χ1) is 9.02. The van der Waals surface area contributed by atoms with Gasteiger partial charge in [0.25, 0.3) is 0 Å². The third kappa shape index (κ3) is 2.96. The van der Waals surface area contributed by atoms with E-state index in [-0.39, 0.29) is 12.4 Å². The number of aliphatic hydroxyl groups is 1. The van der Waals surface area contributed by atoms with Gasteiger partial charge in [0, 0.05) is 5.56 Å². The molecule has 0 aliphatic rings. The number of aliphatic hydroxyl groups excluding tert-OH is 1. The van der Waals surface area contributed by atoms with Crippen LogP contribution in [0.4, 0.5) is 4.39 Å². The molecule has 1 heterocycles. The molecule has 0 saturated carbocycles. The van der Waals surface area contributed by atoms with Crippen LogP contribution in [0.15, 0.2) is 24.3 Å². The smallest absolute Gasteiger partial charge is 0.138 e. The van der Waals surface area contributed by atoms with Crippen LogP contribution in [0.3, 0.4) is 0 Å². The maximum atomic E-state index is 13.3. The number of aromatic nitrogens is 2. The fourth-order valence-corrected chi connectivity index (χ4v) is 2.26. The fourth-order valence-electron chi connectivity index (χ4n) is 1.96. The van der Waals surface area contributed by atoms with E-state index in [2.05, 4.69) is 18.9 Å². The zero-order chi connectivity index (χ0) is 14.0. The predicted octanol–water partition coefficient (Wildman–Crippen LogP) is 3.36. The first-order valence-electron chi connectivity index (χ1n) is 6.16. The number of hydrogen-bond donors (Lipinski definition) is 1. The molecule has 0 fully saturated rings. The predicted molar refractivity (Wildman–Crippen MR) is 73.0 cm³/mol. The minimum atomic E-state index is -0.347. The van der Waals surface area contributed by atoms with Crippen LogP contribution in [0, 0.1) is 11.7 Å². The van der Waals surface area contributed by atoms with Crippen molar-refractivity contribution < 1.29 is 9.50 Å². The van der Waals surface area contributed by atoms with Crippen molar-refractivity contribution in [1.29, 1.82) is 0 Å². The first-order valence-corrected chi connectivity index (χ1v) is 6.53. The Hall–Kier alpha value is -1.39. The third-order valence-corrected chi connectivity index (χ3v) is 3.20. The van der Waals surface area contributed by atoms with E-state index in [4.69, 9.17) is 11.6 Å². The van der Waals surface area contributed by atoms with Gasteiger partial charge >= 0.3 is 0 Å². The van der Waals surface area contributed by atoms with Crippen LogP contribution in [-0.2, 0) is 13.0 Å².